The van der Waals surface area contributed by atoms with Gasteiger partial charge in [0.05, 0.1) is 6.10 Å². The molecule has 100 valence electrons. The van der Waals surface area contributed by atoms with Gasteiger partial charge in [-0.25, -0.2) is 0 Å². The zero-order valence-electron chi connectivity index (χ0n) is 11.5. The van der Waals surface area contributed by atoms with Crippen LogP contribution in [0.5, 0.6) is 0 Å². The topological polar surface area (TPSA) is 46.2 Å². The van der Waals surface area contributed by atoms with Crippen molar-refractivity contribution in [1.82, 2.24) is 0 Å². The third-order valence-electron chi connectivity index (χ3n) is 4.36. The predicted octanol–water partition coefficient (Wildman–Crippen LogP) is 3.36. The van der Waals surface area contributed by atoms with Gasteiger partial charge in [-0.2, -0.15) is 0 Å². The van der Waals surface area contributed by atoms with Crippen molar-refractivity contribution >= 4 is 0 Å². The van der Waals surface area contributed by atoms with Crippen LogP contribution in [-0.2, 0) is 0 Å². The molecule has 0 radical (unpaired) electrons. The van der Waals surface area contributed by atoms with Gasteiger partial charge < -0.3 is 10.8 Å². The Balaban J connectivity index is 2.02. The molecule has 1 fully saturated rings. The lowest BCUT2D eigenvalue weighted by molar-refractivity contribution is 0.186. The SMILES string of the molecule is CC1(C)CCC(c2ccc(C(O)CN)cc2)CC1. The minimum Gasteiger partial charge on any atom is -0.387 e. The van der Waals surface area contributed by atoms with E-state index in [1.807, 2.05) is 12.1 Å². The quantitative estimate of drug-likeness (QED) is 0.860. The Kier molecular flexibility index (Phi) is 4.08. The van der Waals surface area contributed by atoms with Gasteiger partial charge in [-0.3, -0.25) is 0 Å². The van der Waals surface area contributed by atoms with Gasteiger partial charge in [0.15, 0.2) is 0 Å². The second kappa shape index (κ2) is 5.41. The van der Waals surface area contributed by atoms with E-state index in [4.69, 9.17) is 5.73 Å². The van der Waals surface area contributed by atoms with Gasteiger partial charge in [-0.05, 0) is 48.1 Å². The van der Waals surface area contributed by atoms with Gasteiger partial charge in [-0.15, -0.1) is 0 Å². The Hall–Kier alpha value is -0.860. The van der Waals surface area contributed by atoms with E-state index in [0.29, 0.717) is 11.3 Å². The molecule has 18 heavy (non-hydrogen) atoms. The van der Waals surface area contributed by atoms with Crippen LogP contribution in [0.1, 0.15) is 62.7 Å². The van der Waals surface area contributed by atoms with Gasteiger partial charge in [-0.1, -0.05) is 38.1 Å². The predicted molar refractivity (Wildman–Crippen MR) is 75.4 cm³/mol. The highest BCUT2D eigenvalue weighted by Crippen LogP contribution is 2.42. The van der Waals surface area contributed by atoms with Crippen LogP contribution in [0.4, 0.5) is 0 Å². The minimum absolute atomic E-state index is 0.289. The van der Waals surface area contributed by atoms with Crippen molar-refractivity contribution < 1.29 is 5.11 Å². The van der Waals surface area contributed by atoms with E-state index in [-0.39, 0.29) is 6.54 Å². The Bertz CT molecular complexity index is 373. The molecule has 0 bridgehead atoms. The summed E-state index contributed by atoms with van der Waals surface area (Å²) in [6, 6.07) is 8.37. The van der Waals surface area contributed by atoms with Gasteiger partial charge >= 0.3 is 0 Å². The van der Waals surface area contributed by atoms with E-state index >= 15 is 0 Å². The molecule has 2 nitrogen and oxygen atoms in total. The standard InChI is InChI=1S/C16H25NO/c1-16(2)9-7-13(8-10-16)12-3-5-14(6-4-12)15(18)11-17/h3-6,13,15,18H,7-11,17H2,1-2H3. The summed E-state index contributed by atoms with van der Waals surface area (Å²) >= 11 is 0. The first kappa shape index (κ1) is 13.6. The molecule has 2 heteroatoms. The lowest BCUT2D eigenvalue weighted by atomic mass is 9.71. The van der Waals surface area contributed by atoms with Crippen molar-refractivity contribution in [3.63, 3.8) is 0 Å². The lowest BCUT2D eigenvalue weighted by Gasteiger charge is -2.34. The van der Waals surface area contributed by atoms with Crippen molar-refractivity contribution in [2.24, 2.45) is 11.1 Å². The fourth-order valence-electron chi connectivity index (χ4n) is 2.86. The zero-order chi connectivity index (χ0) is 13.2. The maximum absolute atomic E-state index is 9.67. The van der Waals surface area contributed by atoms with Crippen LogP contribution in [-0.4, -0.2) is 11.7 Å². The Morgan fingerprint density at radius 2 is 1.78 bits per heavy atom. The van der Waals surface area contributed by atoms with Crippen LogP contribution >= 0.6 is 0 Å². The highest BCUT2D eigenvalue weighted by Gasteiger charge is 2.27. The van der Waals surface area contributed by atoms with E-state index in [1.54, 1.807) is 0 Å². The normalized spacial score (nSPS) is 21.8. The largest absolute Gasteiger partial charge is 0.387 e. The van der Waals surface area contributed by atoms with Gasteiger partial charge in [0, 0.05) is 6.54 Å². The summed E-state index contributed by atoms with van der Waals surface area (Å²) in [4.78, 5) is 0. The van der Waals surface area contributed by atoms with E-state index in [2.05, 4.69) is 26.0 Å². The summed E-state index contributed by atoms with van der Waals surface area (Å²) < 4.78 is 0. The molecule has 1 aliphatic carbocycles. The monoisotopic (exact) mass is 247 g/mol. The Morgan fingerprint density at radius 3 is 2.28 bits per heavy atom. The molecule has 1 aromatic carbocycles. The Morgan fingerprint density at radius 1 is 1.22 bits per heavy atom. The smallest absolute Gasteiger partial charge is 0.0912 e. The average Bonchev–Trinajstić information content (AvgIpc) is 2.38. The molecular formula is C16H25NO. The molecule has 1 aliphatic rings. The molecule has 0 heterocycles. The van der Waals surface area contributed by atoms with E-state index < -0.39 is 6.10 Å². The van der Waals surface area contributed by atoms with Crippen molar-refractivity contribution in [3.05, 3.63) is 35.4 Å². The molecule has 1 saturated carbocycles. The summed E-state index contributed by atoms with van der Waals surface area (Å²) in [5.74, 6) is 0.696. The second-order valence-corrected chi connectivity index (χ2v) is 6.36. The minimum atomic E-state index is -0.524. The highest BCUT2D eigenvalue weighted by atomic mass is 16.3. The maximum Gasteiger partial charge on any atom is 0.0912 e. The van der Waals surface area contributed by atoms with Gasteiger partial charge in [0.2, 0.25) is 0 Å². The molecule has 1 aromatic rings. The summed E-state index contributed by atoms with van der Waals surface area (Å²) in [7, 11) is 0. The van der Waals surface area contributed by atoms with Crippen molar-refractivity contribution in [2.75, 3.05) is 6.54 Å². The summed E-state index contributed by atoms with van der Waals surface area (Å²) in [5, 5.41) is 9.67. The number of benzene rings is 1. The number of hydrogen-bond donors (Lipinski definition) is 2. The first-order valence-electron chi connectivity index (χ1n) is 7.00. The van der Waals surface area contributed by atoms with Gasteiger partial charge in [0.25, 0.3) is 0 Å². The Labute approximate surface area is 110 Å². The van der Waals surface area contributed by atoms with Crippen LogP contribution < -0.4 is 5.73 Å². The molecule has 1 unspecified atom stereocenters. The van der Waals surface area contributed by atoms with Crippen LogP contribution in [0, 0.1) is 5.41 Å². The molecule has 0 saturated heterocycles. The highest BCUT2D eigenvalue weighted by molar-refractivity contribution is 5.27. The molecular weight excluding hydrogens is 222 g/mol. The lowest BCUT2D eigenvalue weighted by Crippen LogP contribution is -2.20. The molecule has 3 N–H and O–H groups in total. The third-order valence-corrected chi connectivity index (χ3v) is 4.36. The number of hydrogen-bond acceptors (Lipinski definition) is 2. The molecule has 0 aliphatic heterocycles. The summed E-state index contributed by atoms with van der Waals surface area (Å²) in [6.07, 6.45) is 4.66. The number of aliphatic hydroxyl groups is 1. The average molecular weight is 247 g/mol. The third kappa shape index (κ3) is 3.12. The maximum atomic E-state index is 9.67. The number of rotatable bonds is 3. The van der Waals surface area contributed by atoms with E-state index in [0.717, 1.165) is 5.56 Å². The van der Waals surface area contributed by atoms with Crippen LogP contribution in [0.25, 0.3) is 0 Å². The van der Waals surface area contributed by atoms with Crippen molar-refractivity contribution in [3.8, 4) is 0 Å². The molecule has 0 aromatic heterocycles. The van der Waals surface area contributed by atoms with Crippen molar-refractivity contribution in [1.29, 1.82) is 0 Å². The number of nitrogens with two attached hydrogens (primary N) is 1. The van der Waals surface area contributed by atoms with Gasteiger partial charge in [0.1, 0.15) is 0 Å². The van der Waals surface area contributed by atoms with E-state index in [1.165, 1.54) is 31.2 Å². The van der Waals surface area contributed by atoms with E-state index in [9.17, 15) is 5.11 Å². The number of aliphatic hydroxyl groups excluding tert-OH is 1. The first-order valence-corrected chi connectivity index (χ1v) is 7.00. The molecule has 0 amide bonds. The van der Waals surface area contributed by atoms with Crippen LogP contribution in [0.2, 0.25) is 0 Å². The summed E-state index contributed by atoms with van der Waals surface area (Å²) in [5.41, 5.74) is 8.33. The van der Waals surface area contributed by atoms with Crippen LogP contribution in [0.15, 0.2) is 24.3 Å². The molecule has 2 rings (SSSR count). The van der Waals surface area contributed by atoms with Crippen LogP contribution in [0.3, 0.4) is 0 Å². The molecule has 1 atom stereocenters. The molecule has 0 spiro atoms. The fourth-order valence-corrected chi connectivity index (χ4v) is 2.86. The zero-order valence-corrected chi connectivity index (χ0v) is 11.5. The van der Waals surface area contributed by atoms with Crippen molar-refractivity contribution in [2.45, 2.75) is 51.6 Å². The summed E-state index contributed by atoms with van der Waals surface area (Å²) in [6.45, 7) is 5.02. The second-order valence-electron chi connectivity index (χ2n) is 6.36. The first-order chi connectivity index (χ1) is 8.52. The fraction of sp³-hybridized carbons (Fsp3) is 0.625.